The molecule has 1 saturated heterocycles. The predicted octanol–water partition coefficient (Wildman–Crippen LogP) is 0.275. The molecule has 0 radical (unpaired) electrons. The van der Waals surface area contributed by atoms with Crippen LogP contribution in [-0.4, -0.2) is 45.2 Å². The second-order valence-corrected chi connectivity index (χ2v) is 3.38. The maximum atomic E-state index is 11.8. The highest BCUT2D eigenvalue weighted by molar-refractivity contribution is 6.01. The number of hydrogen-bond acceptors (Lipinski definition) is 4. The van der Waals surface area contributed by atoms with Crippen LogP contribution in [0.2, 0.25) is 0 Å². The second kappa shape index (κ2) is 4.31. The van der Waals surface area contributed by atoms with E-state index in [1.165, 1.54) is 6.33 Å². The lowest BCUT2D eigenvalue weighted by atomic mass is 10.2. The summed E-state index contributed by atoms with van der Waals surface area (Å²) in [4.78, 5) is 33.9. The molecule has 7 heteroatoms. The number of nitrogens with zero attached hydrogens (tertiary/aromatic N) is 2. The Morgan fingerprint density at radius 2 is 2.31 bits per heavy atom. The molecule has 0 aliphatic carbocycles. The normalized spacial score (nSPS) is 16.1. The fourth-order valence-electron chi connectivity index (χ4n) is 1.49. The van der Waals surface area contributed by atoms with E-state index in [1.807, 2.05) is 0 Å². The number of hydrogen-bond donors (Lipinski definition) is 2. The summed E-state index contributed by atoms with van der Waals surface area (Å²) in [7, 11) is 0. The SMILES string of the molecule is O=C(O)c1[nH]cnc1C(=O)N1CCCCO1. The predicted molar refractivity (Wildman–Crippen MR) is 51.8 cm³/mol. The number of aromatic carboxylic acids is 1. The van der Waals surface area contributed by atoms with Gasteiger partial charge in [0, 0.05) is 6.54 Å². The van der Waals surface area contributed by atoms with Crippen molar-refractivity contribution in [2.45, 2.75) is 12.8 Å². The Morgan fingerprint density at radius 3 is 2.94 bits per heavy atom. The van der Waals surface area contributed by atoms with Crippen LogP contribution in [0, 0.1) is 0 Å². The van der Waals surface area contributed by atoms with Gasteiger partial charge in [0.05, 0.1) is 12.9 Å². The topological polar surface area (TPSA) is 95.5 Å². The second-order valence-electron chi connectivity index (χ2n) is 3.38. The number of carboxylic acids is 1. The van der Waals surface area contributed by atoms with Gasteiger partial charge in [0.25, 0.3) is 5.91 Å². The highest BCUT2D eigenvalue weighted by Gasteiger charge is 2.26. The van der Waals surface area contributed by atoms with Crippen LogP contribution in [0.25, 0.3) is 0 Å². The third-order valence-corrected chi connectivity index (χ3v) is 2.28. The minimum Gasteiger partial charge on any atom is -0.477 e. The molecule has 0 aromatic carbocycles. The summed E-state index contributed by atoms with van der Waals surface area (Å²) < 4.78 is 0. The summed E-state index contributed by atoms with van der Waals surface area (Å²) in [6, 6.07) is 0. The number of aromatic nitrogens is 2. The van der Waals surface area contributed by atoms with Crippen molar-refractivity contribution in [3.05, 3.63) is 17.7 Å². The minimum absolute atomic E-state index is 0.116. The molecule has 1 fully saturated rings. The van der Waals surface area contributed by atoms with Crippen molar-refractivity contribution in [2.75, 3.05) is 13.2 Å². The summed E-state index contributed by atoms with van der Waals surface area (Å²) in [6.07, 6.45) is 2.93. The van der Waals surface area contributed by atoms with E-state index in [0.717, 1.165) is 17.9 Å². The molecule has 7 nitrogen and oxygen atoms in total. The molecule has 1 aromatic rings. The van der Waals surface area contributed by atoms with Crippen LogP contribution in [0.3, 0.4) is 0 Å². The fourth-order valence-corrected chi connectivity index (χ4v) is 1.49. The summed E-state index contributed by atoms with van der Waals surface area (Å²) in [5.74, 6) is -1.73. The van der Waals surface area contributed by atoms with Gasteiger partial charge in [-0.3, -0.25) is 9.63 Å². The summed E-state index contributed by atoms with van der Waals surface area (Å²) >= 11 is 0. The molecule has 2 heterocycles. The van der Waals surface area contributed by atoms with Crippen molar-refractivity contribution < 1.29 is 19.5 Å². The van der Waals surface area contributed by atoms with Crippen molar-refractivity contribution in [3.63, 3.8) is 0 Å². The van der Waals surface area contributed by atoms with Gasteiger partial charge in [0.2, 0.25) is 0 Å². The molecule has 1 aliphatic heterocycles. The molecule has 1 amide bonds. The summed E-state index contributed by atoms with van der Waals surface area (Å²) in [5, 5.41) is 9.98. The van der Waals surface area contributed by atoms with Gasteiger partial charge in [0.15, 0.2) is 11.4 Å². The highest BCUT2D eigenvalue weighted by atomic mass is 16.7. The van der Waals surface area contributed by atoms with Crippen molar-refractivity contribution in [1.82, 2.24) is 15.0 Å². The van der Waals surface area contributed by atoms with Crippen LogP contribution in [0.5, 0.6) is 0 Å². The third kappa shape index (κ3) is 1.89. The van der Waals surface area contributed by atoms with Crippen LogP contribution < -0.4 is 0 Å². The number of carbonyl (C=O) groups excluding carboxylic acids is 1. The molecule has 2 rings (SSSR count). The van der Waals surface area contributed by atoms with E-state index < -0.39 is 11.9 Å². The molecule has 86 valence electrons. The Labute approximate surface area is 91.0 Å². The summed E-state index contributed by atoms with van der Waals surface area (Å²) in [5.41, 5.74) is -0.325. The number of aromatic amines is 1. The van der Waals surface area contributed by atoms with E-state index in [2.05, 4.69) is 9.97 Å². The Morgan fingerprint density at radius 1 is 1.50 bits per heavy atom. The molecule has 0 saturated carbocycles. The Kier molecular flexibility index (Phi) is 2.86. The maximum Gasteiger partial charge on any atom is 0.354 e. The van der Waals surface area contributed by atoms with Crippen molar-refractivity contribution in [2.24, 2.45) is 0 Å². The zero-order valence-corrected chi connectivity index (χ0v) is 8.47. The number of imidazole rings is 1. The minimum atomic E-state index is -1.21. The standard InChI is InChI=1S/C9H11N3O4/c13-8(12-3-1-2-4-16-12)6-7(9(14)15)11-5-10-6/h5H,1-4H2,(H,10,11)(H,14,15). The van der Waals surface area contributed by atoms with Crippen LogP contribution >= 0.6 is 0 Å². The molecule has 16 heavy (non-hydrogen) atoms. The van der Waals surface area contributed by atoms with Crippen LogP contribution in [0.1, 0.15) is 33.8 Å². The number of carboxylic acid groups (broad SMARTS) is 1. The lowest BCUT2D eigenvalue weighted by Crippen LogP contribution is -2.36. The van der Waals surface area contributed by atoms with Gasteiger partial charge in [0.1, 0.15) is 0 Å². The van der Waals surface area contributed by atoms with E-state index in [9.17, 15) is 9.59 Å². The van der Waals surface area contributed by atoms with Gasteiger partial charge in [-0.25, -0.2) is 14.8 Å². The van der Waals surface area contributed by atoms with E-state index in [0.29, 0.717) is 13.2 Å². The lowest BCUT2D eigenvalue weighted by Gasteiger charge is -2.25. The van der Waals surface area contributed by atoms with E-state index in [1.54, 1.807) is 0 Å². The van der Waals surface area contributed by atoms with Gasteiger partial charge in [-0.15, -0.1) is 0 Å². The molecule has 1 aromatic heterocycles. The smallest absolute Gasteiger partial charge is 0.354 e. The zero-order valence-electron chi connectivity index (χ0n) is 8.47. The molecule has 0 unspecified atom stereocenters. The molecule has 1 aliphatic rings. The number of nitrogens with one attached hydrogen (secondary N) is 1. The highest BCUT2D eigenvalue weighted by Crippen LogP contribution is 2.12. The van der Waals surface area contributed by atoms with Crippen LogP contribution in [0.4, 0.5) is 0 Å². The van der Waals surface area contributed by atoms with Crippen molar-refractivity contribution in [1.29, 1.82) is 0 Å². The molecule has 2 N–H and O–H groups in total. The first kappa shape index (κ1) is 10.6. The molecule has 0 atom stereocenters. The fraction of sp³-hybridized carbons (Fsp3) is 0.444. The molecule has 0 spiro atoms. The van der Waals surface area contributed by atoms with Gasteiger partial charge in [-0.05, 0) is 12.8 Å². The Hall–Kier alpha value is -1.89. The average molecular weight is 225 g/mol. The van der Waals surface area contributed by atoms with Crippen molar-refractivity contribution >= 4 is 11.9 Å². The first-order valence-electron chi connectivity index (χ1n) is 4.91. The number of amides is 1. The number of H-pyrrole nitrogens is 1. The largest absolute Gasteiger partial charge is 0.477 e. The monoisotopic (exact) mass is 225 g/mol. The maximum absolute atomic E-state index is 11.8. The number of rotatable bonds is 2. The van der Waals surface area contributed by atoms with Gasteiger partial charge < -0.3 is 10.1 Å². The molecular weight excluding hydrogens is 214 g/mol. The Bertz CT molecular complexity index is 409. The number of carbonyl (C=O) groups is 2. The number of hydroxylamine groups is 2. The third-order valence-electron chi connectivity index (χ3n) is 2.28. The zero-order chi connectivity index (χ0) is 11.5. The van der Waals surface area contributed by atoms with Gasteiger partial charge >= 0.3 is 5.97 Å². The van der Waals surface area contributed by atoms with E-state index in [-0.39, 0.29) is 11.4 Å². The average Bonchev–Trinajstić information content (AvgIpc) is 2.78. The van der Waals surface area contributed by atoms with Gasteiger partial charge in [-0.2, -0.15) is 0 Å². The quantitative estimate of drug-likeness (QED) is 0.753. The van der Waals surface area contributed by atoms with Crippen molar-refractivity contribution in [3.8, 4) is 0 Å². The van der Waals surface area contributed by atoms with Crippen LogP contribution in [0.15, 0.2) is 6.33 Å². The first-order chi connectivity index (χ1) is 7.70. The van der Waals surface area contributed by atoms with Gasteiger partial charge in [-0.1, -0.05) is 0 Å². The Balaban J connectivity index is 2.19. The molecular formula is C9H11N3O4. The lowest BCUT2D eigenvalue weighted by molar-refractivity contribution is -0.144. The molecule has 0 bridgehead atoms. The van der Waals surface area contributed by atoms with E-state index >= 15 is 0 Å². The summed E-state index contributed by atoms with van der Waals surface area (Å²) in [6.45, 7) is 0.934. The first-order valence-corrected chi connectivity index (χ1v) is 4.91. The van der Waals surface area contributed by atoms with E-state index in [4.69, 9.17) is 9.94 Å². The van der Waals surface area contributed by atoms with Crippen LogP contribution in [-0.2, 0) is 4.84 Å².